The van der Waals surface area contributed by atoms with E-state index in [1.54, 1.807) is 56.3 Å². The number of carboxylic acid groups (broad SMARTS) is 1. The van der Waals surface area contributed by atoms with Crippen molar-refractivity contribution in [1.82, 2.24) is 4.57 Å². The lowest BCUT2D eigenvalue weighted by molar-refractivity contribution is -0.139. The first-order chi connectivity index (χ1) is 23.5. The van der Waals surface area contributed by atoms with Gasteiger partial charge in [-0.15, -0.1) is 0 Å². The second-order valence-corrected chi connectivity index (χ2v) is 12.3. The Balaban J connectivity index is 1.54. The highest BCUT2D eigenvalue weighted by molar-refractivity contribution is 7.07. The molecule has 3 aromatic carbocycles. The number of methoxy groups -OCH3 is 1. The number of hydrogen-bond donors (Lipinski definition) is 1. The van der Waals surface area contributed by atoms with Gasteiger partial charge in [-0.05, 0) is 93.8 Å². The van der Waals surface area contributed by atoms with Gasteiger partial charge in [-0.3, -0.25) is 9.36 Å². The number of carbonyl (C=O) groups is 2. The predicted octanol–water partition coefficient (Wildman–Crippen LogP) is 5.27. The number of aromatic carboxylic acids is 1. The minimum atomic E-state index is -0.995. The van der Waals surface area contributed by atoms with Crippen molar-refractivity contribution in [3.05, 3.63) is 114 Å². The van der Waals surface area contributed by atoms with Crippen LogP contribution in [-0.4, -0.2) is 48.0 Å². The quantitative estimate of drug-likeness (QED) is 0.187. The summed E-state index contributed by atoms with van der Waals surface area (Å²) in [4.78, 5) is 43.8. The zero-order valence-electron chi connectivity index (χ0n) is 28.1. The molecule has 0 spiro atoms. The third-order valence-corrected chi connectivity index (χ3v) is 8.53. The minimum Gasteiger partial charge on any atom is -0.493 e. The number of rotatable bonds is 13. The van der Waals surface area contributed by atoms with Crippen LogP contribution in [0, 0.1) is 0 Å². The molecule has 4 aromatic rings. The highest BCUT2D eigenvalue weighted by Gasteiger charge is 2.34. The van der Waals surface area contributed by atoms with Crippen LogP contribution in [0.25, 0.3) is 6.08 Å². The van der Waals surface area contributed by atoms with E-state index in [2.05, 4.69) is 4.99 Å². The molecule has 49 heavy (non-hydrogen) atoms. The van der Waals surface area contributed by atoms with Gasteiger partial charge in [-0.1, -0.05) is 35.6 Å². The maximum absolute atomic E-state index is 14.2. The summed E-state index contributed by atoms with van der Waals surface area (Å²) in [6.45, 7) is 9.90. The molecular formula is C37H38N2O9S. The Labute approximate surface area is 287 Å². The van der Waals surface area contributed by atoms with E-state index >= 15 is 0 Å². The Hall–Kier alpha value is -5.36. The van der Waals surface area contributed by atoms with Gasteiger partial charge >= 0.3 is 11.9 Å². The Morgan fingerprint density at radius 1 is 0.959 bits per heavy atom. The number of allylic oxidation sites excluding steroid dienone is 1. The molecule has 0 bridgehead atoms. The maximum Gasteiger partial charge on any atom is 0.338 e. The number of esters is 1. The third-order valence-electron chi connectivity index (χ3n) is 7.54. The molecule has 2 heterocycles. The first kappa shape index (κ1) is 35.0. The van der Waals surface area contributed by atoms with Crippen LogP contribution < -0.4 is 33.8 Å². The van der Waals surface area contributed by atoms with Gasteiger partial charge in [0.25, 0.3) is 5.56 Å². The monoisotopic (exact) mass is 686 g/mol. The number of thiazole rings is 1. The van der Waals surface area contributed by atoms with Gasteiger partial charge in [-0.25, -0.2) is 14.6 Å². The largest absolute Gasteiger partial charge is 0.493 e. The molecule has 5 rings (SSSR count). The molecule has 0 aliphatic carbocycles. The molecule has 1 atom stereocenters. The lowest BCUT2D eigenvalue weighted by Crippen LogP contribution is -2.40. The lowest BCUT2D eigenvalue weighted by atomic mass is 9.95. The van der Waals surface area contributed by atoms with Crippen molar-refractivity contribution in [2.24, 2.45) is 4.99 Å². The molecule has 0 saturated carbocycles. The maximum atomic E-state index is 14.2. The van der Waals surface area contributed by atoms with Crippen molar-refractivity contribution in [2.45, 2.75) is 53.4 Å². The summed E-state index contributed by atoms with van der Waals surface area (Å²) < 4.78 is 30.8. The molecule has 1 aliphatic heterocycles. The fourth-order valence-electron chi connectivity index (χ4n) is 5.37. The predicted molar refractivity (Wildman–Crippen MR) is 185 cm³/mol. The van der Waals surface area contributed by atoms with Gasteiger partial charge in [0, 0.05) is 0 Å². The van der Waals surface area contributed by atoms with E-state index < -0.39 is 18.0 Å². The van der Waals surface area contributed by atoms with Crippen LogP contribution in [0.3, 0.4) is 0 Å². The van der Waals surface area contributed by atoms with Crippen molar-refractivity contribution in [2.75, 3.05) is 20.3 Å². The first-order valence-electron chi connectivity index (χ1n) is 15.8. The van der Waals surface area contributed by atoms with Crippen molar-refractivity contribution >= 4 is 29.4 Å². The Morgan fingerprint density at radius 3 is 2.35 bits per heavy atom. The number of ether oxygens (including phenoxy) is 5. The highest BCUT2D eigenvalue weighted by atomic mass is 32.1. The topological polar surface area (TPSA) is 135 Å². The van der Waals surface area contributed by atoms with Crippen molar-refractivity contribution in [1.29, 1.82) is 0 Å². The van der Waals surface area contributed by atoms with Crippen molar-refractivity contribution < 1.29 is 38.4 Å². The summed E-state index contributed by atoms with van der Waals surface area (Å²) in [6.07, 6.45) is 1.66. The van der Waals surface area contributed by atoms with Gasteiger partial charge in [0.05, 0.1) is 53.8 Å². The zero-order chi connectivity index (χ0) is 35.2. The summed E-state index contributed by atoms with van der Waals surface area (Å²) in [6, 6.07) is 16.3. The van der Waals surface area contributed by atoms with E-state index in [9.17, 15) is 14.4 Å². The molecule has 0 fully saturated rings. The van der Waals surface area contributed by atoms with E-state index in [4.69, 9.17) is 28.8 Å². The van der Waals surface area contributed by atoms with Gasteiger partial charge in [0.15, 0.2) is 27.8 Å². The molecule has 11 nitrogen and oxygen atoms in total. The van der Waals surface area contributed by atoms with Crippen LogP contribution in [0.1, 0.15) is 67.7 Å². The van der Waals surface area contributed by atoms with Crippen LogP contribution >= 0.6 is 11.3 Å². The average Bonchev–Trinajstić information content (AvgIpc) is 3.37. The second-order valence-electron chi connectivity index (χ2n) is 11.3. The number of fused-ring (bicyclic) bond motifs is 1. The van der Waals surface area contributed by atoms with Crippen LogP contribution in [0.2, 0.25) is 0 Å². The number of aromatic nitrogens is 1. The number of hydrogen-bond acceptors (Lipinski definition) is 10. The van der Waals surface area contributed by atoms with Gasteiger partial charge < -0.3 is 28.8 Å². The molecule has 1 aliphatic rings. The number of carbonyl (C=O) groups excluding carboxylic acids is 1. The first-order valence-corrected chi connectivity index (χ1v) is 16.6. The fraction of sp³-hybridized carbons (Fsp3) is 0.297. The number of benzene rings is 3. The van der Waals surface area contributed by atoms with Gasteiger partial charge in [-0.2, -0.15) is 0 Å². The van der Waals surface area contributed by atoms with E-state index in [-0.39, 0.29) is 36.0 Å². The molecule has 1 aromatic heterocycles. The van der Waals surface area contributed by atoms with E-state index in [0.717, 1.165) is 5.56 Å². The van der Waals surface area contributed by atoms with Crippen LogP contribution in [0.15, 0.2) is 81.7 Å². The SMILES string of the molecule is CCOC(=O)C1=C(C)N=c2s/c(=C\c3ccc(OCc4ccc(C(=O)O)cc4)c(OCC)c3)c(=O)n2[C@@H]1c1ccc(OC(C)C)c(OC)c1. The number of carboxylic acids is 1. The second kappa shape index (κ2) is 15.2. The van der Waals surface area contributed by atoms with Gasteiger partial charge in [0.2, 0.25) is 0 Å². The minimum absolute atomic E-state index is 0.0867. The molecule has 256 valence electrons. The summed E-state index contributed by atoms with van der Waals surface area (Å²) in [5.41, 5.74) is 2.71. The normalized spacial score (nSPS) is 14.3. The summed E-state index contributed by atoms with van der Waals surface area (Å²) >= 11 is 1.21. The van der Waals surface area contributed by atoms with Gasteiger partial charge in [0.1, 0.15) is 6.61 Å². The van der Waals surface area contributed by atoms with E-state index in [1.807, 2.05) is 32.9 Å². The molecular weight excluding hydrogens is 648 g/mol. The number of nitrogens with zero attached hydrogens (tertiary/aromatic N) is 2. The Morgan fingerprint density at radius 2 is 1.69 bits per heavy atom. The Bertz CT molecular complexity index is 2080. The Kier molecular flexibility index (Phi) is 10.9. The highest BCUT2D eigenvalue weighted by Crippen LogP contribution is 2.37. The van der Waals surface area contributed by atoms with Crippen LogP contribution in [0.4, 0.5) is 0 Å². The van der Waals surface area contributed by atoms with Crippen molar-refractivity contribution in [3.8, 4) is 23.0 Å². The van der Waals surface area contributed by atoms with Crippen molar-refractivity contribution in [3.63, 3.8) is 0 Å². The van der Waals surface area contributed by atoms with E-state index in [1.165, 1.54) is 35.1 Å². The molecule has 1 N–H and O–H groups in total. The summed E-state index contributed by atoms with van der Waals surface area (Å²) in [5.74, 6) is 0.441. The fourth-order valence-corrected chi connectivity index (χ4v) is 6.42. The zero-order valence-corrected chi connectivity index (χ0v) is 29.0. The van der Waals surface area contributed by atoms with Crippen LogP contribution in [-0.2, 0) is 16.1 Å². The summed E-state index contributed by atoms with van der Waals surface area (Å²) in [7, 11) is 1.54. The molecule has 12 heteroatoms. The summed E-state index contributed by atoms with van der Waals surface area (Å²) in [5, 5.41) is 9.15. The molecule has 0 radical (unpaired) electrons. The molecule has 0 unspecified atom stereocenters. The average molecular weight is 687 g/mol. The third kappa shape index (κ3) is 7.70. The smallest absolute Gasteiger partial charge is 0.338 e. The molecule has 0 amide bonds. The van der Waals surface area contributed by atoms with E-state index in [0.29, 0.717) is 55.8 Å². The standard InChI is InChI=1S/C37H38N2O9S/c1-7-45-30-17-24(11-15-27(30)47-20-23-9-12-25(13-10-23)35(41)42)18-31-34(40)39-33(26-14-16-28(48-21(3)4)29(19-26)44-6)32(36(43)46-8-2)22(5)38-37(39)49-31/h9-19,21,33H,7-8,20H2,1-6H3,(H,41,42)/b31-18-/t33-/m1/s1. The molecule has 0 saturated heterocycles. The lowest BCUT2D eigenvalue weighted by Gasteiger charge is -2.25. The van der Waals surface area contributed by atoms with Crippen LogP contribution in [0.5, 0.6) is 23.0 Å².